The van der Waals surface area contributed by atoms with Gasteiger partial charge in [0.25, 0.3) is 0 Å². The molecule has 0 bridgehead atoms. The van der Waals surface area contributed by atoms with Gasteiger partial charge in [-0.2, -0.15) is 0 Å². The first-order chi connectivity index (χ1) is 15.0. The van der Waals surface area contributed by atoms with Gasteiger partial charge in [-0.3, -0.25) is 0 Å². The molecule has 0 aromatic heterocycles. The van der Waals surface area contributed by atoms with E-state index in [-0.39, 0.29) is 31.9 Å². The minimum Gasteiger partial charge on any atom is -0.369 e. The fraction of sp³-hybridized carbons (Fsp3) is 0.583. The molecule has 0 spiro atoms. The molecule has 0 unspecified atom stereocenters. The van der Waals surface area contributed by atoms with Crippen LogP contribution in [-0.2, 0) is 39.8 Å². The van der Waals surface area contributed by atoms with Crippen molar-refractivity contribution in [2.75, 3.05) is 34.4 Å². The third-order valence-corrected chi connectivity index (χ3v) is 4.63. The van der Waals surface area contributed by atoms with Gasteiger partial charge in [0.15, 0.2) is 5.79 Å². The van der Waals surface area contributed by atoms with E-state index in [9.17, 15) is 0 Å². The highest BCUT2D eigenvalue weighted by molar-refractivity contribution is 5.13. The van der Waals surface area contributed by atoms with E-state index in [0.717, 1.165) is 5.56 Å². The molecule has 0 saturated carbocycles. The molecule has 4 atom stereocenters. The fourth-order valence-electron chi connectivity index (χ4n) is 3.30. The van der Waals surface area contributed by atoms with Gasteiger partial charge in [0, 0.05) is 14.2 Å². The summed E-state index contributed by atoms with van der Waals surface area (Å²) in [5, 5.41) is 0. The quantitative estimate of drug-likeness (QED) is 0.235. The van der Waals surface area contributed by atoms with Crippen LogP contribution in [0, 0.1) is 0 Å². The molecule has 1 fully saturated rings. The Hall–Kier alpha value is -1.58. The Morgan fingerprint density at radius 3 is 2.45 bits per heavy atom. The van der Waals surface area contributed by atoms with E-state index in [1.54, 1.807) is 14.2 Å². The smallest absolute Gasteiger partial charge is 0.164 e. The van der Waals surface area contributed by atoms with Crippen molar-refractivity contribution < 1.29 is 33.2 Å². The lowest BCUT2D eigenvalue weighted by atomic mass is 10.1. The van der Waals surface area contributed by atoms with Crippen LogP contribution in [0.2, 0.25) is 0 Å². The van der Waals surface area contributed by atoms with Crippen LogP contribution < -0.4 is 0 Å². The van der Waals surface area contributed by atoms with Gasteiger partial charge in [-0.25, -0.2) is 0 Å². The number of benzene rings is 1. The second-order valence-electron chi connectivity index (χ2n) is 7.70. The minimum atomic E-state index is -0.751. The van der Waals surface area contributed by atoms with Crippen LogP contribution in [0.3, 0.4) is 0 Å². The van der Waals surface area contributed by atoms with Crippen molar-refractivity contribution in [2.24, 2.45) is 0 Å². The second-order valence-corrected chi connectivity index (χ2v) is 7.70. The molecule has 174 valence electrons. The molecule has 1 aliphatic rings. The number of ether oxygens (including phenoxy) is 7. The molecule has 1 heterocycles. The first-order valence-electron chi connectivity index (χ1n) is 10.5. The van der Waals surface area contributed by atoms with Crippen molar-refractivity contribution in [3.63, 3.8) is 0 Å². The molecule has 0 amide bonds. The highest BCUT2D eigenvalue weighted by atomic mass is 16.8. The zero-order valence-electron chi connectivity index (χ0n) is 19.0. The Morgan fingerprint density at radius 1 is 1.03 bits per heavy atom. The van der Waals surface area contributed by atoms with Crippen LogP contribution in [0.15, 0.2) is 55.1 Å². The summed E-state index contributed by atoms with van der Waals surface area (Å²) in [4.78, 5) is 0. The molecular formula is C24H36O7. The van der Waals surface area contributed by atoms with E-state index in [1.165, 1.54) is 0 Å². The predicted molar refractivity (Wildman–Crippen MR) is 117 cm³/mol. The molecule has 0 aliphatic carbocycles. The molecular weight excluding hydrogens is 400 g/mol. The molecule has 1 aliphatic heterocycles. The molecule has 1 aromatic rings. The molecule has 0 radical (unpaired) electrons. The Bertz CT molecular complexity index is 647. The zero-order chi connectivity index (χ0) is 22.5. The first-order valence-corrected chi connectivity index (χ1v) is 10.5. The largest absolute Gasteiger partial charge is 0.369 e. The maximum atomic E-state index is 6.14. The summed E-state index contributed by atoms with van der Waals surface area (Å²) in [6, 6.07) is 10.1. The van der Waals surface area contributed by atoms with Gasteiger partial charge in [0.05, 0.1) is 19.3 Å². The topological polar surface area (TPSA) is 64.6 Å². The SMILES string of the molecule is C=CC[C@@H](/C=C/[C@H](OCOC)[C@H]1OC(C)(C)O[C@@H]1COCOC)OCc1ccccc1. The van der Waals surface area contributed by atoms with Crippen LogP contribution in [0.25, 0.3) is 0 Å². The molecule has 1 saturated heterocycles. The van der Waals surface area contributed by atoms with E-state index in [1.807, 2.05) is 62.4 Å². The van der Waals surface area contributed by atoms with Gasteiger partial charge in [0.1, 0.15) is 31.9 Å². The summed E-state index contributed by atoms with van der Waals surface area (Å²) >= 11 is 0. The van der Waals surface area contributed by atoms with Gasteiger partial charge in [-0.1, -0.05) is 48.6 Å². The van der Waals surface area contributed by atoms with Gasteiger partial charge in [-0.05, 0) is 25.8 Å². The number of rotatable bonds is 15. The van der Waals surface area contributed by atoms with Crippen LogP contribution in [0.5, 0.6) is 0 Å². The van der Waals surface area contributed by atoms with Crippen molar-refractivity contribution in [2.45, 2.75) is 57.1 Å². The van der Waals surface area contributed by atoms with E-state index in [2.05, 4.69) is 6.58 Å². The van der Waals surface area contributed by atoms with E-state index in [0.29, 0.717) is 19.6 Å². The Kier molecular flexibility index (Phi) is 11.4. The normalized spacial score (nSPS) is 22.6. The molecule has 31 heavy (non-hydrogen) atoms. The average Bonchev–Trinajstić information content (AvgIpc) is 3.07. The van der Waals surface area contributed by atoms with Crippen LogP contribution in [-0.4, -0.2) is 64.6 Å². The second kappa shape index (κ2) is 13.8. The molecule has 1 aromatic carbocycles. The van der Waals surface area contributed by atoms with Crippen molar-refractivity contribution in [3.05, 3.63) is 60.7 Å². The molecule has 7 nitrogen and oxygen atoms in total. The van der Waals surface area contributed by atoms with E-state index >= 15 is 0 Å². The maximum Gasteiger partial charge on any atom is 0.164 e. The summed E-state index contributed by atoms with van der Waals surface area (Å²) in [6.45, 7) is 8.73. The van der Waals surface area contributed by atoms with Crippen molar-refractivity contribution >= 4 is 0 Å². The van der Waals surface area contributed by atoms with Gasteiger partial charge in [-0.15, -0.1) is 6.58 Å². The van der Waals surface area contributed by atoms with Crippen LogP contribution in [0.4, 0.5) is 0 Å². The third kappa shape index (κ3) is 9.21. The molecule has 2 rings (SSSR count). The predicted octanol–water partition coefficient (Wildman–Crippen LogP) is 3.83. The molecule has 7 heteroatoms. The Morgan fingerprint density at radius 2 is 1.77 bits per heavy atom. The number of hydrogen-bond donors (Lipinski definition) is 0. The highest BCUT2D eigenvalue weighted by Crippen LogP contribution is 2.32. The summed E-state index contributed by atoms with van der Waals surface area (Å²) in [5.41, 5.74) is 1.11. The lowest BCUT2D eigenvalue weighted by molar-refractivity contribution is -0.165. The number of hydrogen-bond acceptors (Lipinski definition) is 7. The average molecular weight is 437 g/mol. The zero-order valence-corrected chi connectivity index (χ0v) is 19.0. The van der Waals surface area contributed by atoms with Crippen molar-refractivity contribution in [1.82, 2.24) is 0 Å². The standard InChI is InChI=1S/C24H36O7/c1-6-10-20(28-15-19-11-8-7-9-12-19)13-14-21(29-18-26-5)23-22(16-27-17-25-4)30-24(2,3)31-23/h6-9,11-14,20-23H,1,10,15-18H2,2-5H3/b14-13+/t20-,21-,22+,23+/m0/s1. The van der Waals surface area contributed by atoms with Crippen LogP contribution >= 0.6 is 0 Å². The van der Waals surface area contributed by atoms with Crippen molar-refractivity contribution in [1.29, 1.82) is 0 Å². The van der Waals surface area contributed by atoms with E-state index < -0.39 is 11.9 Å². The summed E-state index contributed by atoms with van der Waals surface area (Å²) in [7, 11) is 3.16. The lowest BCUT2D eigenvalue weighted by Crippen LogP contribution is -2.39. The summed E-state index contributed by atoms with van der Waals surface area (Å²) < 4.78 is 39.8. The van der Waals surface area contributed by atoms with Gasteiger partial charge < -0.3 is 33.2 Å². The highest BCUT2D eigenvalue weighted by Gasteiger charge is 2.45. The maximum absolute atomic E-state index is 6.14. The molecule has 0 N–H and O–H groups in total. The van der Waals surface area contributed by atoms with Crippen LogP contribution in [0.1, 0.15) is 25.8 Å². The number of methoxy groups -OCH3 is 2. The summed E-state index contributed by atoms with van der Waals surface area (Å²) in [6.07, 6.45) is 5.18. The van der Waals surface area contributed by atoms with Gasteiger partial charge in [0.2, 0.25) is 0 Å². The van der Waals surface area contributed by atoms with Crippen molar-refractivity contribution in [3.8, 4) is 0 Å². The summed E-state index contributed by atoms with van der Waals surface area (Å²) in [5.74, 6) is -0.751. The Labute approximate surface area is 185 Å². The third-order valence-electron chi connectivity index (χ3n) is 4.63. The fourth-order valence-corrected chi connectivity index (χ4v) is 3.30. The lowest BCUT2D eigenvalue weighted by Gasteiger charge is -2.25. The Balaban J connectivity index is 2.08. The van der Waals surface area contributed by atoms with Gasteiger partial charge >= 0.3 is 0 Å². The first kappa shape index (κ1) is 25.7. The van der Waals surface area contributed by atoms with E-state index in [4.69, 9.17) is 33.2 Å². The monoisotopic (exact) mass is 436 g/mol. The minimum absolute atomic E-state index is 0.123.